The number of fused-ring (bicyclic) bond motifs is 2. The van der Waals surface area contributed by atoms with Crippen LogP contribution in [-0.4, -0.2) is 41.2 Å². The van der Waals surface area contributed by atoms with Crippen molar-refractivity contribution in [3.63, 3.8) is 0 Å². The lowest BCUT2D eigenvalue weighted by atomic mass is 10.1. The fraction of sp³-hybridized carbons (Fsp3) is 0.185. The Morgan fingerprint density at radius 3 is 2.54 bits per heavy atom. The Morgan fingerprint density at radius 1 is 1.00 bits per heavy atom. The normalized spacial score (nSPS) is 14.7. The Hall–Kier alpha value is -3.75. The van der Waals surface area contributed by atoms with Crippen LogP contribution in [0.3, 0.4) is 0 Å². The van der Waals surface area contributed by atoms with E-state index >= 15 is 0 Å². The molecule has 1 aliphatic rings. The number of phenols is 1. The smallest absolute Gasteiger partial charge is 0.346 e. The first-order valence-corrected chi connectivity index (χ1v) is 12.2. The van der Waals surface area contributed by atoms with Gasteiger partial charge in [-0.25, -0.2) is 14.2 Å². The summed E-state index contributed by atoms with van der Waals surface area (Å²) in [4.78, 5) is 22.0. The number of aromatic nitrogens is 1. The third kappa shape index (κ3) is 4.15. The maximum atomic E-state index is 13.2. The van der Waals surface area contributed by atoms with Gasteiger partial charge < -0.3 is 14.4 Å². The molecule has 1 fully saturated rings. The molecule has 0 spiro atoms. The number of thiazole rings is 1. The van der Waals surface area contributed by atoms with Crippen LogP contribution in [0.25, 0.3) is 31.8 Å². The minimum atomic E-state index is -0.468. The monoisotopic (exact) mass is 487 g/mol. The van der Waals surface area contributed by atoms with Crippen molar-refractivity contribution >= 4 is 38.2 Å². The number of para-hydroxylation sites is 1. The average Bonchev–Trinajstić information content (AvgIpc) is 3.31. The van der Waals surface area contributed by atoms with Crippen molar-refractivity contribution in [2.45, 2.75) is 6.54 Å². The lowest BCUT2D eigenvalue weighted by Gasteiger charge is -2.36. The van der Waals surface area contributed by atoms with Crippen LogP contribution in [0.15, 0.2) is 75.9 Å². The Balaban J connectivity index is 1.27. The Labute approximate surface area is 204 Å². The first kappa shape index (κ1) is 21.8. The van der Waals surface area contributed by atoms with Crippen LogP contribution in [-0.2, 0) is 6.54 Å². The molecular formula is C27H22FN3O3S. The lowest BCUT2D eigenvalue weighted by Crippen LogP contribution is -2.46. The Morgan fingerprint density at radius 2 is 1.77 bits per heavy atom. The van der Waals surface area contributed by atoms with Crippen molar-refractivity contribution in [1.82, 2.24) is 9.88 Å². The highest BCUT2D eigenvalue weighted by Gasteiger charge is 2.21. The van der Waals surface area contributed by atoms with Crippen molar-refractivity contribution in [2.75, 3.05) is 31.1 Å². The van der Waals surface area contributed by atoms with Crippen molar-refractivity contribution in [2.24, 2.45) is 0 Å². The highest BCUT2D eigenvalue weighted by atomic mass is 32.1. The molecule has 5 aromatic rings. The van der Waals surface area contributed by atoms with Crippen LogP contribution in [0.4, 0.5) is 10.1 Å². The Kier molecular flexibility index (Phi) is 5.47. The molecule has 8 heteroatoms. The van der Waals surface area contributed by atoms with E-state index in [4.69, 9.17) is 4.42 Å². The second-order valence-corrected chi connectivity index (χ2v) is 9.69. The standard InChI is InChI=1S/C27H22FN3O3S/c28-18-6-8-19(9-7-18)31-13-11-30(12-14-31)16-21-23(32)10-5-17-15-20(27(33)34-25(17)21)26-29-22-3-1-2-4-24(22)35-26/h1-10,15,32H,11-14,16H2. The van der Waals surface area contributed by atoms with Crippen LogP contribution in [0.5, 0.6) is 5.75 Å². The molecule has 3 aromatic carbocycles. The van der Waals surface area contributed by atoms with E-state index in [0.717, 1.165) is 47.5 Å². The van der Waals surface area contributed by atoms with Crippen LogP contribution >= 0.6 is 11.3 Å². The zero-order chi connectivity index (χ0) is 23.9. The molecule has 0 amide bonds. The summed E-state index contributed by atoms with van der Waals surface area (Å²) in [6.07, 6.45) is 0. The molecule has 176 valence electrons. The van der Waals surface area contributed by atoms with Crippen molar-refractivity contribution in [3.8, 4) is 16.3 Å². The van der Waals surface area contributed by atoms with Gasteiger partial charge >= 0.3 is 5.63 Å². The number of aromatic hydroxyl groups is 1. The summed E-state index contributed by atoms with van der Waals surface area (Å²) in [5, 5.41) is 12.0. The van der Waals surface area contributed by atoms with Crippen LogP contribution < -0.4 is 10.5 Å². The van der Waals surface area contributed by atoms with E-state index in [0.29, 0.717) is 28.3 Å². The fourth-order valence-electron chi connectivity index (χ4n) is 4.56. The number of benzene rings is 3. The van der Waals surface area contributed by atoms with Gasteiger partial charge in [-0.2, -0.15) is 0 Å². The third-order valence-electron chi connectivity index (χ3n) is 6.45. The number of hydrogen-bond donors (Lipinski definition) is 1. The number of piperazine rings is 1. The molecule has 1 N–H and O–H groups in total. The van der Waals surface area contributed by atoms with E-state index in [1.54, 1.807) is 30.3 Å². The summed E-state index contributed by atoms with van der Waals surface area (Å²) in [5.74, 6) is -0.138. The molecule has 0 aliphatic carbocycles. The maximum absolute atomic E-state index is 13.2. The summed E-state index contributed by atoms with van der Waals surface area (Å²) in [7, 11) is 0. The summed E-state index contributed by atoms with van der Waals surface area (Å²) in [6, 6.07) is 19.5. The van der Waals surface area contributed by atoms with Crippen LogP contribution in [0.1, 0.15) is 5.56 Å². The van der Waals surface area contributed by atoms with E-state index in [9.17, 15) is 14.3 Å². The van der Waals surface area contributed by atoms with Crippen molar-refractivity contribution in [1.29, 1.82) is 0 Å². The molecular weight excluding hydrogens is 465 g/mol. The van der Waals surface area contributed by atoms with Gasteiger partial charge in [0.2, 0.25) is 0 Å². The van der Waals surface area contributed by atoms with Crippen molar-refractivity contribution in [3.05, 3.63) is 88.5 Å². The summed E-state index contributed by atoms with van der Waals surface area (Å²) in [5.41, 5.74) is 2.80. The maximum Gasteiger partial charge on any atom is 0.346 e. The highest BCUT2D eigenvalue weighted by Crippen LogP contribution is 2.33. The zero-order valence-electron chi connectivity index (χ0n) is 18.8. The third-order valence-corrected chi connectivity index (χ3v) is 7.52. The molecule has 1 aliphatic heterocycles. The Bertz CT molecular complexity index is 1550. The van der Waals surface area contributed by atoms with Gasteiger partial charge in [-0.05, 0) is 54.6 Å². The minimum Gasteiger partial charge on any atom is -0.507 e. The molecule has 3 heterocycles. The number of rotatable bonds is 4. The molecule has 0 atom stereocenters. The quantitative estimate of drug-likeness (QED) is 0.350. The van der Waals surface area contributed by atoms with Gasteiger partial charge in [0.1, 0.15) is 22.2 Å². The number of halogens is 1. The summed E-state index contributed by atoms with van der Waals surface area (Å²) < 4.78 is 20.0. The summed E-state index contributed by atoms with van der Waals surface area (Å²) in [6.45, 7) is 3.55. The first-order chi connectivity index (χ1) is 17.0. The second-order valence-electron chi connectivity index (χ2n) is 8.66. The average molecular weight is 488 g/mol. The van der Waals surface area contributed by atoms with E-state index in [1.165, 1.54) is 23.5 Å². The first-order valence-electron chi connectivity index (χ1n) is 11.4. The van der Waals surface area contributed by atoms with E-state index in [-0.39, 0.29) is 11.6 Å². The largest absolute Gasteiger partial charge is 0.507 e. The number of phenolic OH excluding ortho intramolecular Hbond substituents is 1. The minimum absolute atomic E-state index is 0.106. The van der Waals surface area contributed by atoms with Crippen molar-refractivity contribution < 1.29 is 13.9 Å². The summed E-state index contributed by atoms with van der Waals surface area (Å²) >= 11 is 1.45. The predicted octanol–water partition coefficient (Wildman–Crippen LogP) is 5.24. The molecule has 6 nitrogen and oxygen atoms in total. The molecule has 0 radical (unpaired) electrons. The van der Waals surface area contributed by atoms with Gasteiger partial charge in [0, 0.05) is 43.8 Å². The topological polar surface area (TPSA) is 69.8 Å². The van der Waals surface area contributed by atoms with Gasteiger partial charge in [-0.3, -0.25) is 4.90 Å². The fourth-order valence-corrected chi connectivity index (χ4v) is 5.53. The molecule has 1 saturated heterocycles. The van der Waals surface area contributed by atoms with E-state index in [1.807, 2.05) is 24.3 Å². The van der Waals surface area contributed by atoms with E-state index < -0.39 is 5.63 Å². The molecule has 6 rings (SSSR count). The van der Waals surface area contributed by atoms with Gasteiger partial charge in [0.25, 0.3) is 0 Å². The number of hydrogen-bond acceptors (Lipinski definition) is 7. The number of anilines is 1. The second kappa shape index (κ2) is 8.79. The van der Waals surface area contributed by atoms with Gasteiger partial charge in [0.05, 0.1) is 21.3 Å². The van der Waals surface area contributed by atoms with Gasteiger partial charge in [0.15, 0.2) is 0 Å². The zero-order valence-corrected chi connectivity index (χ0v) is 19.6. The SMILES string of the molecule is O=c1oc2c(CN3CCN(c4ccc(F)cc4)CC3)c(O)ccc2cc1-c1nc2ccccc2s1. The van der Waals surface area contributed by atoms with Crippen LogP contribution in [0, 0.1) is 5.82 Å². The van der Waals surface area contributed by atoms with Crippen LogP contribution in [0.2, 0.25) is 0 Å². The molecule has 0 unspecified atom stereocenters. The van der Waals surface area contributed by atoms with E-state index in [2.05, 4.69) is 14.8 Å². The van der Waals surface area contributed by atoms with Gasteiger partial charge in [-0.15, -0.1) is 11.3 Å². The number of nitrogens with zero attached hydrogens (tertiary/aromatic N) is 3. The predicted molar refractivity (Wildman–Crippen MR) is 137 cm³/mol. The molecule has 0 saturated carbocycles. The van der Waals surface area contributed by atoms with Gasteiger partial charge in [-0.1, -0.05) is 12.1 Å². The molecule has 0 bridgehead atoms. The highest BCUT2D eigenvalue weighted by molar-refractivity contribution is 7.21. The molecule has 35 heavy (non-hydrogen) atoms. The molecule has 2 aromatic heterocycles. The lowest BCUT2D eigenvalue weighted by molar-refractivity contribution is 0.246.